The Morgan fingerprint density at radius 2 is 1.58 bits per heavy atom. The molecule has 2 unspecified atom stereocenters. The smallest absolute Gasteiger partial charge is 0.410 e. The molecule has 0 aliphatic carbocycles. The molecule has 0 bridgehead atoms. The molecule has 1 fully saturated rings. The van der Waals surface area contributed by atoms with E-state index in [2.05, 4.69) is 33.9 Å². The number of hydrogen-bond donors (Lipinski definition) is 0. The molecule has 0 aromatic heterocycles. The fourth-order valence-corrected chi connectivity index (χ4v) is 4.92. The van der Waals surface area contributed by atoms with Crippen molar-refractivity contribution < 1.29 is 23.4 Å². The van der Waals surface area contributed by atoms with E-state index in [1.54, 1.807) is 14.2 Å². The lowest BCUT2D eigenvalue weighted by Crippen LogP contribution is -2.45. The van der Waals surface area contributed by atoms with Crippen molar-refractivity contribution in [2.45, 2.75) is 90.1 Å². The maximum Gasteiger partial charge on any atom is 0.410 e. The molecule has 0 spiro atoms. The quantitative estimate of drug-likeness (QED) is 0.389. The first kappa shape index (κ1) is 25.8. The Labute approximate surface area is 189 Å². The lowest BCUT2D eigenvalue weighted by molar-refractivity contribution is -0.106. The predicted molar refractivity (Wildman–Crippen MR) is 126 cm³/mol. The molecular formula is C24H41NO5Si. The van der Waals surface area contributed by atoms with Gasteiger partial charge < -0.3 is 18.6 Å². The zero-order chi connectivity index (χ0) is 23.6. The molecule has 176 valence electrons. The average molecular weight is 452 g/mol. The van der Waals surface area contributed by atoms with Crippen LogP contribution in [0.15, 0.2) is 24.3 Å². The van der Waals surface area contributed by atoms with Crippen LogP contribution in [0, 0.1) is 0 Å². The molecule has 0 radical (unpaired) electrons. The van der Waals surface area contributed by atoms with Crippen LogP contribution in [0.5, 0.6) is 0 Å². The van der Waals surface area contributed by atoms with E-state index in [0.717, 1.165) is 17.5 Å². The molecule has 0 saturated carbocycles. The van der Waals surface area contributed by atoms with Crippen LogP contribution in [0.3, 0.4) is 0 Å². The van der Waals surface area contributed by atoms with E-state index >= 15 is 0 Å². The molecule has 2 atom stereocenters. The van der Waals surface area contributed by atoms with Gasteiger partial charge in [0.05, 0.1) is 12.1 Å². The van der Waals surface area contributed by atoms with Crippen molar-refractivity contribution in [1.29, 1.82) is 0 Å². The number of methoxy groups -OCH3 is 2. The van der Waals surface area contributed by atoms with Crippen LogP contribution in [-0.2, 0) is 18.6 Å². The average Bonchev–Trinajstić information content (AvgIpc) is 3.04. The third-order valence-electron chi connectivity index (χ3n) is 6.18. The van der Waals surface area contributed by atoms with Gasteiger partial charge in [0.2, 0.25) is 0 Å². The number of likely N-dealkylation sites (tertiary alicyclic amines) is 1. The number of rotatable bonds is 6. The Bertz CT molecular complexity index is 732. The normalized spacial score (nSPS) is 20.4. The van der Waals surface area contributed by atoms with E-state index in [9.17, 15) is 4.79 Å². The van der Waals surface area contributed by atoms with Crippen LogP contribution in [-0.4, -0.2) is 51.8 Å². The summed E-state index contributed by atoms with van der Waals surface area (Å²) >= 11 is 0. The second-order valence-corrected chi connectivity index (χ2v) is 15.6. The highest BCUT2D eigenvalue weighted by Crippen LogP contribution is 2.41. The largest absolute Gasteiger partial charge is 0.444 e. The van der Waals surface area contributed by atoms with Gasteiger partial charge in [-0.2, -0.15) is 0 Å². The molecule has 6 nitrogen and oxygen atoms in total. The summed E-state index contributed by atoms with van der Waals surface area (Å²) < 4.78 is 23.1. The first-order chi connectivity index (χ1) is 14.2. The van der Waals surface area contributed by atoms with Crippen LogP contribution in [0.25, 0.3) is 0 Å². The first-order valence-corrected chi connectivity index (χ1v) is 13.9. The van der Waals surface area contributed by atoms with Crippen LogP contribution in [0.2, 0.25) is 18.1 Å². The van der Waals surface area contributed by atoms with Gasteiger partial charge in [0.15, 0.2) is 14.6 Å². The van der Waals surface area contributed by atoms with E-state index in [1.807, 2.05) is 49.9 Å². The number of benzene rings is 1. The summed E-state index contributed by atoms with van der Waals surface area (Å²) in [6.45, 7) is 17.4. The minimum Gasteiger partial charge on any atom is -0.444 e. The zero-order valence-electron chi connectivity index (χ0n) is 20.9. The lowest BCUT2D eigenvalue weighted by atomic mass is 10.0. The topological polar surface area (TPSA) is 57.2 Å². The summed E-state index contributed by atoms with van der Waals surface area (Å²) in [6.07, 6.45) is 0.0379. The Balaban J connectivity index is 2.29. The van der Waals surface area contributed by atoms with Crippen molar-refractivity contribution in [3.05, 3.63) is 35.4 Å². The third kappa shape index (κ3) is 6.54. The molecular weight excluding hydrogens is 410 g/mol. The maximum atomic E-state index is 13.0. The minimum absolute atomic E-state index is 0.0104. The number of hydrogen-bond acceptors (Lipinski definition) is 5. The summed E-state index contributed by atoms with van der Waals surface area (Å²) in [5.41, 5.74) is 1.44. The van der Waals surface area contributed by atoms with Crippen molar-refractivity contribution in [2.75, 3.05) is 20.8 Å². The second-order valence-electron chi connectivity index (χ2n) is 10.9. The van der Waals surface area contributed by atoms with Gasteiger partial charge in [-0.25, -0.2) is 4.79 Å². The number of nitrogens with zero attached hydrogens (tertiary/aromatic N) is 1. The number of ether oxygens (including phenoxy) is 3. The molecule has 1 aromatic carbocycles. The highest BCUT2D eigenvalue weighted by molar-refractivity contribution is 6.74. The maximum absolute atomic E-state index is 13.0. The Hall–Kier alpha value is -1.41. The molecule has 31 heavy (non-hydrogen) atoms. The third-order valence-corrected chi connectivity index (χ3v) is 10.7. The Morgan fingerprint density at radius 3 is 2.03 bits per heavy atom. The van der Waals surface area contributed by atoms with Crippen molar-refractivity contribution in [3.63, 3.8) is 0 Å². The summed E-state index contributed by atoms with van der Waals surface area (Å²) in [7, 11) is 1.28. The number of carbonyl (C=O) groups is 1. The SMILES string of the molecule is COC(OC)c1ccc(C2CC(O[Si](C)(C)C(C)(C)C)CN2C(=O)OC(C)(C)C)cc1. The van der Waals surface area contributed by atoms with Crippen molar-refractivity contribution in [1.82, 2.24) is 4.90 Å². The van der Waals surface area contributed by atoms with Gasteiger partial charge in [-0.3, -0.25) is 4.90 Å². The van der Waals surface area contributed by atoms with E-state index in [1.165, 1.54) is 0 Å². The van der Waals surface area contributed by atoms with Gasteiger partial charge in [-0.15, -0.1) is 0 Å². The minimum atomic E-state index is -1.96. The molecule has 7 heteroatoms. The molecule has 1 amide bonds. The number of carbonyl (C=O) groups excluding carboxylic acids is 1. The summed E-state index contributed by atoms with van der Waals surface area (Å²) in [5.74, 6) is 0. The molecule has 1 saturated heterocycles. The molecule has 1 aliphatic rings. The molecule has 1 aliphatic heterocycles. The zero-order valence-corrected chi connectivity index (χ0v) is 21.9. The van der Waals surface area contributed by atoms with Gasteiger partial charge >= 0.3 is 6.09 Å². The molecule has 1 aromatic rings. The fourth-order valence-electron chi connectivity index (χ4n) is 3.56. The van der Waals surface area contributed by atoms with E-state index in [-0.39, 0.29) is 23.3 Å². The van der Waals surface area contributed by atoms with Crippen LogP contribution >= 0.6 is 0 Å². The standard InChI is InChI=1S/C24H41NO5Si/c1-23(2,3)29-22(26)25-16-19(30-31(9,10)24(4,5)6)15-20(25)17-11-13-18(14-12-17)21(27-7)28-8/h11-14,19-21H,15-16H2,1-10H3. The second kappa shape index (κ2) is 9.61. The van der Waals surface area contributed by atoms with Crippen molar-refractivity contribution in [2.24, 2.45) is 0 Å². The van der Waals surface area contributed by atoms with Gasteiger partial charge in [-0.05, 0) is 50.9 Å². The molecule has 1 heterocycles. The monoisotopic (exact) mass is 451 g/mol. The number of amides is 1. The summed E-state index contributed by atoms with van der Waals surface area (Å²) in [6, 6.07) is 7.96. The van der Waals surface area contributed by atoms with Crippen molar-refractivity contribution in [3.8, 4) is 0 Å². The Morgan fingerprint density at radius 1 is 1.03 bits per heavy atom. The lowest BCUT2D eigenvalue weighted by Gasteiger charge is -2.38. The van der Waals surface area contributed by atoms with Crippen LogP contribution < -0.4 is 0 Å². The predicted octanol–water partition coefficient (Wildman–Crippen LogP) is 6.05. The Kier molecular flexibility index (Phi) is 8.01. The molecule has 2 rings (SSSR count). The highest BCUT2D eigenvalue weighted by atomic mass is 28.4. The highest BCUT2D eigenvalue weighted by Gasteiger charge is 2.44. The van der Waals surface area contributed by atoms with E-state index in [4.69, 9.17) is 18.6 Å². The van der Waals surface area contributed by atoms with Crippen LogP contribution in [0.1, 0.15) is 71.4 Å². The van der Waals surface area contributed by atoms with Gasteiger partial charge in [0.1, 0.15) is 5.60 Å². The summed E-state index contributed by atoms with van der Waals surface area (Å²) in [5, 5.41) is 0.110. The molecule has 0 N–H and O–H groups in total. The van der Waals surface area contributed by atoms with Crippen molar-refractivity contribution >= 4 is 14.4 Å². The van der Waals surface area contributed by atoms with Crippen LogP contribution in [0.4, 0.5) is 4.79 Å². The van der Waals surface area contributed by atoms with Gasteiger partial charge in [0, 0.05) is 26.3 Å². The van der Waals surface area contributed by atoms with E-state index < -0.39 is 20.2 Å². The van der Waals surface area contributed by atoms with Gasteiger partial charge in [-0.1, -0.05) is 45.0 Å². The van der Waals surface area contributed by atoms with Gasteiger partial charge in [0.25, 0.3) is 0 Å². The van der Waals surface area contributed by atoms with E-state index in [0.29, 0.717) is 6.54 Å². The summed E-state index contributed by atoms with van der Waals surface area (Å²) in [4.78, 5) is 14.9. The first-order valence-electron chi connectivity index (χ1n) is 11.0. The fraction of sp³-hybridized carbons (Fsp3) is 0.708.